The number of amides is 1. The van der Waals surface area contributed by atoms with Crippen molar-refractivity contribution in [3.8, 4) is 0 Å². The van der Waals surface area contributed by atoms with Gasteiger partial charge in [-0.25, -0.2) is 4.79 Å². The van der Waals surface area contributed by atoms with Crippen LogP contribution in [0, 0.1) is 0 Å². The Bertz CT molecular complexity index is 711. The summed E-state index contributed by atoms with van der Waals surface area (Å²) in [5, 5.41) is 2.94. The SMILES string of the molecule is CC(NC(=O)C1(N)CCC1)c1ccc2[nH]c(=O)[nH]c2c1. The molecule has 1 aromatic carbocycles. The highest BCUT2D eigenvalue weighted by molar-refractivity contribution is 5.87. The molecule has 6 nitrogen and oxygen atoms in total. The van der Waals surface area contributed by atoms with Gasteiger partial charge in [-0.3, -0.25) is 4.79 Å². The van der Waals surface area contributed by atoms with Crippen LogP contribution >= 0.6 is 0 Å². The van der Waals surface area contributed by atoms with Gasteiger partial charge in [0.15, 0.2) is 0 Å². The molecule has 1 saturated carbocycles. The van der Waals surface area contributed by atoms with Gasteiger partial charge in [-0.05, 0) is 43.9 Å². The average molecular weight is 274 g/mol. The number of hydrogen-bond acceptors (Lipinski definition) is 3. The van der Waals surface area contributed by atoms with Gasteiger partial charge in [0.25, 0.3) is 0 Å². The van der Waals surface area contributed by atoms with Crippen LogP contribution in [0.5, 0.6) is 0 Å². The van der Waals surface area contributed by atoms with E-state index in [9.17, 15) is 9.59 Å². The number of aromatic nitrogens is 2. The number of imidazole rings is 1. The third-order valence-corrected chi connectivity index (χ3v) is 4.09. The van der Waals surface area contributed by atoms with Crippen LogP contribution in [0.1, 0.15) is 37.8 Å². The molecule has 106 valence electrons. The molecule has 1 aliphatic rings. The van der Waals surface area contributed by atoms with Crippen LogP contribution < -0.4 is 16.7 Å². The third-order valence-electron chi connectivity index (χ3n) is 4.09. The molecule has 0 aliphatic heterocycles. The largest absolute Gasteiger partial charge is 0.348 e. The molecule has 0 saturated heterocycles. The topological polar surface area (TPSA) is 104 Å². The number of H-pyrrole nitrogens is 2. The minimum Gasteiger partial charge on any atom is -0.348 e. The lowest BCUT2D eigenvalue weighted by Crippen LogP contribution is -2.58. The Morgan fingerprint density at radius 3 is 2.70 bits per heavy atom. The van der Waals surface area contributed by atoms with Crippen molar-refractivity contribution in [1.82, 2.24) is 15.3 Å². The summed E-state index contributed by atoms with van der Waals surface area (Å²) in [6, 6.07) is 5.43. The number of nitrogens with one attached hydrogen (secondary N) is 3. The van der Waals surface area contributed by atoms with Gasteiger partial charge in [-0.1, -0.05) is 6.07 Å². The van der Waals surface area contributed by atoms with Crippen LogP contribution in [0.15, 0.2) is 23.0 Å². The number of rotatable bonds is 3. The second kappa shape index (κ2) is 4.49. The first kappa shape index (κ1) is 12.9. The number of fused-ring (bicyclic) bond motifs is 1. The number of benzene rings is 1. The van der Waals surface area contributed by atoms with Gasteiger partial charge in [0.05, 0.1) is 22.6 Å². The van der Waals surface area contributed by atoms with Crippen molar-refractivity contribution >= 4 is 16.9 Å². The zero-order valence-electron chi connectivity index (χ0n) is 11.3. The average Bonchev–Trinajstić information content (AvgIpc) is 2.74. The van der Waals surface area contributed by atoms with Crippen LogP contribution in [0.2, 0.25) is 0 Å². The zero-order chi connectivity index (χ0) is 14.3. The minimum absolute atomic E-state index is 0.0982. The smallest absolute Gasteiger partial charge is 0.323 e. The summed E-state index contributed by atoms with van der Waals surface area (Å²) in [7, 11) is 0. The lowest BCUT2D eigenvalue weighted by Gasteiger charge is -2.37. The molecule has 1 amide bonds. The Morgan fingerprint density at radius 2 is 2.05 bits per heavy atom. The van der Waals surface area contributed by atoms with Crippen molar-refractivity contribution in [2.45, 2.75) is 37.8 Å². The second-order valence-corrected chi connectivity index (χ2v) is 5.59. The molecule has 1 fully saturated rings. The maximum atomic E-state index is 12.1. The van der Waals surface area contributed by atoms with Gasteiger partial charge < -0.3 is 21.0 Å². The standard InChI is InChI=1S/C14H18N4O2/c1-8(16-12(19)14(15)5-2-6-14)9-3-4-10-11(7-9)18-13(20)17-10/h3-4,7-8H,2,5-6,15H2,1H3,(H,16,19)(H2,17,18,20). The molecule has 0 radical (unpaired) electrons. The van der Waals surface area contributed by atoms with E-state index in [-0.39, 0.29) is 17.6 Å². The van der Waals surface area contributed by atoms with Gasteiger partial charge in [0, 0.05) is 0 Å². The van der Waals surface area contributed by atoms with Gasteiger partial charge in [0.1, 0.15) is 0 Å². The highest BCUT2D eigenvalue weighted by atomic mass is 16.2. The predicted molar refractivity (Wildman–Crippen MR) is 76.2 cm³/mol. The number of hydrogen-bond donors (Lipinski definition) is 4. The quantitative estimate of drug-likeness (QED) is 0.669. The van der Waals surface area contributed by atoms with E-state index in [1.807, 2.05) is 25.1 Å². The molecule has 3 rings (SSSR count). The summed E-state index contributed by atoms with van der Waals surface area (Å²) in [5.74, 6) is -0.0982. The summed E-state index contributed by atoms with van der Waals surface area (Å²) < 4.78 is 0. The van der Waals surface area contributed by atoms with Gasteiger partial charge in [-0.2, -0.15) is 0 Å². The predicted octanol–water partition coefficient (Wildman–Crippen LogP) is 0.915. The Hall–Kier alpha value is -2.08. The Labute approximate surface area is 115 Å². The maximum Gasteiger partial charge on any atom is 0.323 e. The fourth-order valence-electron chi connectivity index (χ4n) is 2.53. The highest BCUT2D eigenvalue weighted by Crippen LogP contribution is 2.30. The van der Waals surface area contributed by atoms with E-state index in [0.29, 0.717) is 0 Å². The Morgan fingerprint density at radius 1 is 1.35 bits per heavy atom. The van der Waals surface area contributed by atoms with Crippen LogP contribution in [-0.4, -0.2) is 21.4 Å². The van der Waals surface area contributed by atoms with Crippen molar-refractivity contribution < 1.29 is 4.79 Å². The molecular formula is C14H18N4O2. The number of carbonyl (C=O) groups excluding carboxylic acids is 1. The summed E-state index contributed by atoms with van der Waals surface area (Å²) in [5.41, 5.74) is 7.50. The first-order valence-corrected chi connectivity index (χ1v) is 6.80. The highest BCUT2D eigenvalue weighted by Gasteiger charge is 2.40. The fourth-order valence-corrected chi connectivity index (χ4v) is 2.53. The van der Waals surface area contributed by atoms with E-state index in [4.69, 9.17) is 5.73 Å². The maximum absolute atomic E-state index is 12.1. The Balaban J connectivity index is 1.79. The normalized spacial score (nSPS) is 18.5. The molecule has 5 N–H and O–H groups in total. The lowest BCUT2D eigenvalue weighted by atomic mass is 9.77. The summed E-state index contributed by atoms with van der Waals surface area (Å²) >= 11 is 0. The van der Waals surface area contributed by atoms with Gasteiger partial charge in [-0.15, -0.1) is 0 Å². The van der Waals surface area contributed by atoms with Crippen LogP contribution in [0.25, 0.3) is 11.0 Å². The van der Waals surface area contributed by atoms with Crippen LogP contribution in [-0.2, 0) is 4.79 Å². The summed E-state index contributed by atoms with van der Waals surface area (Å²) in [6.45, 7) is 1.91. The molecule has 0 bridgehead atoms. The van der Waals surface area contributed by atoms with Gasteiger partial charge in [0.2, 0.25) is 5.91 Å². The molecule has 0 spiro atoms. The lowest BCUT2D eigenvalue weighted by molar-refractivity contribution is -0.129. The van der Waals surface area contributed by atoms with Crippen molar-refractivity contribution in [2.24, 2.45) is 5.73 Å². The molecule has 1 unspecified atom stereocenters. The molecule has 1 aliphatic carbocycles. The van der Waals surface area contributed by atoms with E-state index in [1.165, 1.54) is 0 Å². The van der Waals surface area contributed by atoms with Crippen LogP contribution in [0.4, 0.5) is 0 Å². The van der Waals surface area contributed by atoms with Crippen molar-refractivity contribution in [2.75, 3.05) is 0 Å². The van der Waals surface area contributed by atoms with Crippen molar-refractivity contribution in [3.05, 3.63) is 34.2 Å². The van der Waals surface area contributed by atoms with Crippen LogP contribution in [0.3, 0.4) is 0 Å². The zero-order valence-corrected chi connectivity index (χ0v) is 11.3. The fraction of sp³-hybridized carbons (Fsp3) is 0.429. The first-order valence-electron chi connectivity index (χ1n) is 6.80. The van der Waals surface area contributed by atoms with E-state index < -0.39 is 5.54 Å². The molecular weight excluding hydrogens is 256 g/mol. The summed E-state index contributed by atoms with van der Waals surface area (Å²) in [4.78, 5) is 28.7. The van der Waals surface area contributed by atoms with E-state index >= 15 is 0 Å². The molecule has 1 atom stereocenters. The Kier molecular flexibility index (Phi) is 2.90. The number of nitrogens with two attached hydrogens (primary N) is 1. The second-order valence-electron chi connectivity index (χ2n) is 5.59. The molecule has 6 heteroatoms. The number of carbonyl (C=O) groups is 1. The van der Waals surface area contributed by atoms with Gasteiger partial charge >= 0.3 is 5.69 Å². The van der Waals surface area contributed by atoms with E-state index in [1.54, 1.807) is 0 Å². The first-order chi connectivity index (χ1) is 9.48. The minimum atomic E-state index is -0.694. The third kappa shape index (κ3) is 2.12. The van der Waals surface area contributed by atoms with Crippen molar-refractivity contribution in [3.63, 3.8) is 0 Å². The summed E-state index contributed by atoms with van der Waals surface area (Å²) in [6.07, 6.45) is 2.50. The van der Waals surface area contributed by atoms with Crippen molar-refractivity contribution in [1.29, 1.82) is 0 Å². The molecule has 20 heavy (non-hydrogen) atoms. The molecule has 1 heterocycles. The number of aromatic amines is 2. The van der Waals surface area contributed by atoms with E-state index in [0.717, 1.165) is 35.9 Å². The van der Waals surface area contributed by atoms with E-state index in [2.05, 4.69) is 15.3 Å². The molecule has 1 aromatic heterocycles. The monoisotopic (exact) mass is 274 g/mol. The molecule has 2 aromatic rings.